The van der Waals surface area contributed by atoms with E-state index in [1.807, 2.05) is 0 Å². The first-order chi connectivity index (χ1) is 12.7. The van der Waals surface area contributed by atoms with Crippen LogP contribution in [0.25, 0.3) is 0 Å². The topological polar surface area (TPSA) is 53.6 Å². The molecular formula is C22H31IN4. The second-order valence-electron chi connectivity index (χ2n) is 6.94. The molecule has 0 aliphatic heterocycles. The van der Waals surface area contributed by atoms with Gasteiger partial charge in [-0.25, -0.2) is 4.99 Å². The van der Waals surface area contributed by atoms with Gasteiger partial charge in [0.05, 0.1) is 6.54 Å². The Morgan fingerprint density at radius 1 is 1.00 bits per heavy atom. The Balaban J connectivity index is 0.00000261. The number of halogens is 1. The molecule has 0 aromatic heterocycles. The van der Waals surface area contributed by atoms with E-state index in [1.54, 1.807) is 0 Å². The predicted octanol–water partition coefficient (Wildman–Crippen LogP) is 4.56. The molecule has 0 heterocycles. The number of aliphatic imine (C=N–C) groups is 1. The van der Waals surface area contributed by atoms with Gasteiger partial charge in [-0.2, -0.15) is 0 Å². The fourth-order valence-corrected chi connectivity index (χ4v) is 3.47. The van der Waals surface area contributed by atoms with Gasteiger partial charge in [0.25, 0.3) is 0 Å². The number of nitrogens with one attached hydrogen (secondary N) is 1. The van der Waals surface area contributed by atoms with Gasteiger partial charge in [0.1, 0.15) is 0 Å². The lowest BCUT2D eigenvalue weighted by Crippen LogP contribution is -2.22. The van der Waals surface area contributed by atoms with Crippen molar-refractivity contribution in [1.29, 1.82) is 0 Å². The quantitative estimate of drug-likeness (QED) is 0.349. The van der Waals surface area contributed by atoms with Gasteiger partial charge in [0, 0.05) is 12.2 Å². The zero-order valence-electron chi connectivity index (χ0n) is 16.4. The van der Waals surface area contributed by atoms with E-state index < -0.39 is 0 Å². The minimum atomic E-state index is 0. The van der Waals surface area contributed by atoms with Crippen molar-refractivity contribution in [3.63, 3.8) is 0 Å². The SMILES string of the molecule is CCN(CC)Cc1ccc(CN=C(N)Nc2ccc3c(c2)CCC3)cc1.I. The highest BCUT2D eigenvalue weighted by Gasteiger charge is 2.10. The van der Waals surface area contributed by atoms with Gasteiger partial charge in [-0.15, -0.1) is 24.0 Å². The second-order valence-corrected chi connectivity index (χ2v) is 6.94. The zero-order chi connectivity index (χ0) is 18.4. The van der Waals surface area contributed by atoms with E-state index in [4.69, 9.17) is 5.73 Å². The van der Waals surface area contributed by atoms with Crippen molar-refractivity contribution in [2.75, 3.05) is 18.4 Å². The lowest BCUT2D eigenvalue weighted by Gasteiger charge is -2.17. The third kappa shape index (κ3) is 6.21. The monoisotopic (exact) mass is 478 g/mol. The van der Waals surface area contributed by atoms with E-state index in [2.05, 4.69) is 71.5 Å². The second kappa shape index (κ2) is 10.7. The van der Waals surface area contributed by atoms with Gasteiger partial charge >= 0.3 is 0 Å². The average Bonchev–Trinajstić information content (AvgIpc) is 3.13. The molecule has 0 saturated heterocycles. The summed E-state index contributed by atoms with van der Waals surface area (Å²) in [5.74, 6) is 0.468. The van der Waals surface area contributed by atoms with Crippen LogP contribution in [0, 0.1) is 0 Å². The molecule has 1 aliphatic carbocycles. The summed E-state index contributed by atoms with van der Waals surface area (Å²) in [6.45, 7) is 8.14. The van der Waals surface area contributed by atoms with Gasteiger partial charge in [-0.1, -0.05) is 44.2 Å². The molecule has 27 heavy (non-hydrogen) atoms. The maximum Gasteiger partial charge on any atom is 0.193 e. The third-order valence-corrected chi connectivity index (χ3v) is 5.13. The minimum Gasteiger partial charge on any atom is -0.370 e. The number of aryl methyl sites for hydroxylation is 2. The van der Waals surface area contributed by atoms with Crippen LogP contribution < -0.4 is 11.1 Å². The van der Waals surface area contributed by atoms with Crippen LogP contribution >= 0.6 is 24.0 Å². The molecule has 4 nitrogen and oxygen atoms in total. The molecule has 0 amide bonds. The first-order valence-electron chi connectivity index (χ1n) is 9.67. The average molecular weight is 478 g/mol. The molecule has 0 atom stereocenters. The highest BCUT2D eigenvalue weighted by molar-refractivity contribution is 14.0. The standard InChI is InChI=1S/C22H30N4.HI/c1-3-26(4-2)16-18-10-8-17(9-11-18)15-24-22(23)25-21-13-12-19-6-5-7-20(19)14-21;/h8-14H,3-7,15-16H2,1-2H3,(H3,23,24,25);1H. The lowest BCUT2D eigenvalue weighted by atomic mass is 10.1. The molecule has 0 spiro atoms. The van der Waals surface area contributed by atoms with Gasteiger partial charge in [-0.3, -0.25) is 4.90 Å². The predicted molar refractivity (Wildman–Crippen MR) is 126 cm³/mol. The van der Waals surface area contributed by atoms with E-state index in [0.717, 1.165) is 25.3 Å². The molecule has 3 N–H and O–H groups in total. The zero-order valence-corrected chi connectivity index (χ0v) is 18.7. The van der Waals surface area contributed by atoms with Gasteiger partial charge in [0.15, 0.2) is 5.96 Å². The summed E-state index contributed by atoms with van der Waals surface area (Å²) >= 11 is 0. The first-order valence-corrected chi connectivity index (χ1v) is 9.67. The van der Waals surface area contributed by atoms with Crippen LogP contribution in [-0.2, 0) is 25.9 Å². The number of guanidine groups is 1. The smallest absolute Gasteiger partial charge is 0.193 e. The maximum absolute atomic E-state index is 6.06. The van der Waals surface area contributed by atoms with Crippen LogP contribution in [-0.4, -0.2) is 23.9 Å². The Morgan fingerprint density at radius 2 is 1.67 bits per heavy atom. The van der Waals surface area contributed by atoms with Crippen LogP contribution in [0.5, 0.6) is 0 Å². The van der Waals surface area contributed by atoms with Crippen LogP contribution in [0.1, 0.15) is 42.5 Å². The van der Waals surface area contributed by atoms with Crippen molar-refractivity contribution in [3.05, 3.63) is 64.7 Å². The van der Waals surface area contributed by atoms with Crippen LogP contribution in [0.2, 0.25) is 0 Å². The molecule has 0 fully saturated rings. The Hall–Kier alpha value is -1.60. The fourth-order valence-electron chi connectivity index (χ4n) is 3.47. The van der Waals surface area contributed by atoms with E-state index >= 15 is 0 Å². The molecule has 2 aromatic rings. The van der Waals surface area contributed by atoms with E-state index in [-0.39, 0.29) is 24.0 Å². The van der Waals surface area contributed by atoms with E-state index in [9.17, 15) is 0 Å². The summed E-state index contributed by atoms with van der Waals surface area (Å²) in [7, 11) is 0. The van der Waals surface area contributed by atoms with Crippen molar-refractivity contribution in [1.82, 2.24) is 4.90 Å². The molecule has 5 heteroatoms. The number of fused-ring (bicyclic) bond motifs is 1. The van der Waals surface area contributed by atoms with Crippen molar-refractivity contribution >= 4 is 35.6 Å². The summed E-state index contributed by atoms with van der Waals surface area (Å²) < 4.78 is 0. The fraction of sp³-hybridized carbons (Fsp3) is 0.409. The molecule has 0 bridgehead atoms. The molecule has 2 aromatic carbocycles. The molecule has 1 aliphatic rings. The Morgan fingerprint density at radius 3 is 2.37 bits per heavy atom. The van der Waals surface area contributed by atoms with Crippen molar-refractivity contribution in [2.45, 2.75) is 46.2 Å². The summed E-state index contributed by atoms with van der Waals surface area (Å²) in [5, 5.41) is 3.22. The largest absolute Gasteiger partial charge is 0.370 e. The molecule has 0 radical (unpaired) electrons. The summed E-state index contributed by atoms with van der Waals surface area (Å²) in [4.78, 5) is 6.89. The van der Waals surface area contributed by atoms with Crippen molar-refractivity contribution in [3.8, 4) is 0 Å². The van der Waals surface area contributed by atoms with Crippen molar-refractivity contribution < 1.29 is 0 Å². The number of nitrogens with zero attached hydrogens (tertiary/aromatic N) is 2. The number of nitrogens with two attached hydrogens (primary N) is 1. The first kappa shape index (κ1) is 21.7. The molecule has 0 saturated carbocycles. The number of hydrogen-bond donors (Lipinski definition) is 2. The molecule has 0 unspecified atom stereocenters. The highest BCUT2D eigenvalue weighted by Crippen LogP contribution is 2.24. The van der Waals surface area contributed by atoms with Crippen molar-refractivity contribution in [2.24, 2.45) is 10.7 Å². The molecular weight excluding hydrogens is 447 g/mol. The normalized spacial score (nSPS) is 13.4. The van der Waals surface area contributed by atoms with E-state index in [1.165, 1.54) is 41.5 Å². The third-order valence-electron chi connectivity index (χ3n) is 5.13. The molecule has 146 valence electrons. The maximum atomic E-state index is 6.06. The van der Waals surface area contributed by atoms with Crippen LogP contribution in [0.4, 0.5) is 5.69 Å². The lowest BCUT2D eigenvalue weighted by molar-refractivity contribution is 0.296. The Labute approximate surface area is 180 Å². The Kier molecular flexibility index (Phi) is 8.57. The Bertz CT molecular complexity index is 751. The number of rotatable bonds is 7. The highest BCUT2D eigenvalue weighted by atomic mass is 127. The number of hydrogen-bond acceptors (Lipinski definition) is 2. The van der Waals surface area contributed by atoms with Gasteiger partial charge in [0.2, 0.25) is 0 Å². The summed E-state index contributed by atoms with van der Waals surface area (Å²) in [6.07, 6.45) is 3.62. The molecule has 3 rings (SSSR count). The number of benzene rings is 2. The van der Waals surface area contributed by atoms with Gasteiger partial charge in [-0.05, 0) is 66.7 Å². The van der Waals surface area contributed by atoms with E-state index in [0.29, 0.717) is 12.5 Å². The summed E-state index contributed by atoms with van der Waals surface area (Å²) in [5.41, 5.74) is 12.5. The van der Waals surface area contributed by atoms with Crippen LogP contribution in [0.15, 0.2) is 47.5 Å². The summed E-state index contributed by atoms with van der Waals surface area (Å²) in [6, 6.07) is 15.2. The number of anilines is 1. The van der Waals surface area contributed by atoms with Gasteiger partial charge < -0.3 is 11.1 Å². The van der Waals surface area contributed by atoms with Crippen LogP contribution in [0.3, 0.4) is 0 Å². The minimum absolute atomic E-state index is 0.